The molecule has 0 bridgehead atoms. The molecule has 94 valence electrons. The molecule has 1 unspecified atom stereocenters. The van der Waals surface area contributed by atoms with Crippen molar-refractivity contribution in [2.75, 3.05) is 7.05 Å². The standard InChI is InChI=1S/C15H17ClN2/c1-11-5-3-8-14(18-11)15(17-2)10-12-6-4-7-13(16)9-12/h3-9,15,17H,10H2,1-2H3. The van der Waals surface area contributed by atoms with E-state index in [0.717, 1.165) is 22.8 Å². The summed E-state index contributed by atoms with van der Waals surface area (Å²) in [6.07, 6.45) is 0.882. The number of nitrogens with one attached hydrogen (secondary N) is 1. The van der Waals surface area contributed by atoms with Crippen molar-refractivity contribution in [3.8, 4) is 0 Å². The van der Waals surface area contributed by atoms with Gasteiger partial charge in [-0.15, -0.1) is 0 Å². The van der Waals surface area contributed by atoms with Gasteiger partial charge in [-0.3, -0.25) is 4.98 Å². The average molecular weight is 261 g/mol. The van der Waals surface area contributed by atoms with Crippen LogP contribution in [0.25, 0.3) is 0 Å². The molecule has 0 aliphatic heterocycles. The van der Waals surface area contributed by atoms with Crippen LogP contribution in [0.15, 0.2) is 42.5 Å². The van der Waals surface area contributed by atoms with E-state index in [4.69, 9.17) is 11.6 Å². The van der Waals surface area contributed by atoms with Gasteiger partial charge in [0.05, 0.1) is 11.7 Å². The predicted molar refractivity (Wildman–Crippen MR) is 75.9 cm³/mol. The Morgan fingerprint density at radius 2 is 2.00 bits per heavy atom. The lowest BCUT2D eigenvalue weighted by Gasteiger charge is -2.16. The summed E-state index contributed by atoms with van der Waals surface area (Å²) in [4.78, 5) is 4.57. The van der Waals surface area contributed by atoms with Crippen LogP contribution in [-0.4, -0.2) is 12.0 Å². The van der Waals surface area contributed by atoms with Crippen LogP contribution < -0.4 is 5.32 Å². The van der Waals surface area contributed by atoms with Crippen LogP contribution >= 0.6 is 11.6 Å². The van der Waals surface area contributed by atoms with Crippen molar-refractivity contribution in [1.29, 1.82) is 0 Å². The molecule has 2 nitrogen and oxygen atoms in total. The highest BCUT2D eigenvalue weighted by atomic mass is 35.5. The van der Waals surface area contributed by atoms with Gasteiger partial charge in [0.1, 0.15) is 0 Å². The number of hydrogen-bond donors (Lipinski definition) is 1. The van der Waals surface area contributed by atoms with Crippen molar-refractivity contribution < 1.29 is 0 Å². The van der Waals surface area contributed by atoms with Gasteiger partial charge in [-0.1, -0.05) is 29.8 Å². The Labute approximate surface area is 113 Å². The maximum absolute atomic E-state index is 6.01. The van der Waals surface area contributed by atoms with Gasteiger partial charge in [-0.25, -0.2) is 0 Å². The number of aromatic nitrogens is 1. The smallest absolute Gasteiger partial charge is 0.0579 e. The molecule has 2 aromatic rings. The van der Waals surface area contributed by atoms with Crippen LogP contribution in [0.1, 0.15) is 23.0 Å². The van der Waals surface area contributed by atoms with Crippen LogP contribution in [0.4, 0.5) is 0 Å². The first-order valence-corrected chi connectivity index (χ1v) is 6.42. The molecular formula is C15H17ClN2. The van der Waals surface area contributed by atoms with Gasteiger partial charge in [0.15, 0.2) is 0 Å². The van der Waals surface area contributed by atoms with Crippen molar-refractivity contribution in [3.05, 3.63) is 64.4 Å². The third kappa shape index (κ3) is 3.31. The molecule has 0 radical (unpaired) electrons. The summed E-state index contributed by atoms with van der Waals surface area (Å²) >= 11 is 6.01. The Bertz CT molecular complexity index is 525. The van der Waals surface area contributed by atoms with E-state index in [-0.39, 0.29) is 6.04 Å². The van der Waals surface area contributed by atoms with Crippen molar-refractivity contribution in [3.63, 3.8) is 0 Å². The number of pyridine rings is 1. The molecule has 1 atom stereocenters. The highest BCUT2D eigenvalue weighted by Gasteiger charge is 2.11. The van der Waals surface area contributed by atoms with Gasteiger partial charge < -0.3 is 5.32 Å². The van der Waals surface area contributed by atoms with Crippen molar-refractivity contribution >= 4 is 11.6 Å². The van der Waals surface area contributed by atoms with E-state index in [1.807, 2.05) is 44.3 Å². The van der Waals surface area contributed by atoms with Crippen LogP contribution in [0, 0.1) is 6.92 Å². The lowest BCUT2D eigenvalue weighted by Crippen LogP contribution is -2.20. The topological polar surface area (TPSA) is 24.9 Å². The fraction of sp³-hybridized carbons (Fsp3) is 0.267. The van der Waals surface area contributed by atoms with E-state index >= 15 is 0 Å². The molecule has 2 rings (SSSR count). The summed E-state index contributed by atoms with van der Waals surface area (Å²) in [7, 11) is 1.96. The van der Waals surface area contributed by atoms with E-state index in [9.17, 15) is 0 Å². The number of hydrogen-bond acceptors (Lipinski definition) is 2. The van der Waals surface area contributed by atoms with Gasteiger partial charge in [0, 0.05) is 10.7 Å². The summed E-state index contributed by atoms with van der Waals surface area (Å²) in [6.45, 7) is 2.01. The maximum atomic E-state index is 6.01. The SMILES string of the molecule is CNC(Cc1cccc(Cl)c1)c1cccc(C)n1. The largest absolute Gasteiger partial charge is 0.311 e. The van der Waals surface area contributed by atoms with E-state index in [1.54, 1.807) is 0 Å². The van der Waals surface area contributed by atoms with Crippen LogP contribution in [0.5, 0.6) is 0 Å². The molecular weight excluding hydrogens is 244 g/mol. The summed E-state index contributed by atoms with van der Waals surface area (Å²) < 4.78 is 0. The quantitative estimate of drug-likeness (QED) is 0.910. The molecule has 0 aliphatic rings. The second kappa shape index (κ2) is 5.98. The predicted octanol–water partition coefficient (Wildman–Crippen LogP) is 3.55. The maximum Gasteiger partial charge on any atom is 0.0579 e. The van der Waals surface area contributed by atoms with E-state index in [1.165, 1.54) is 5.56 Å². The summed E-state index contributed by atoms with van der Waals surface area (Å²) in [5.74, 6) is 0. The Hall–Kier alpha value is -1.38. The monoisotopic (exact) mass is 260 g/mol. The normalized spacial score (nSPS) is 12.4. The first kappa shape index (κ1) is 13.1. The van der Waals surface area contributed by atoms with E-state index < -0.39 is 0 Å². The average Bonchev–Trinajstić information content (AvgIpc) is 2.36. The van der Waals surface area contributed by atoms with Gasteiger partial charge in [-0.2, -0.15) is 0 Å². The summed E-state index contributed by atoms with van der Waals surface area (Å²) in [5, 5.41) is 4.09. The number of nitrogens with zero attached hydrogens (tertiary/aromatic N) is 1. The molecule has 1 N–H and O–H groups in total. The van der Waals surface area contributed by atoms with Gasteiger partial charge in [-0.05, 0) is 50.2 Å². The first-order valence-electron chi connectivity index (χ1n) is 6.04. The summed E-state index contributed by atoms with van der Waals surface area (Å²) in [6, 6.07) is 14.3. The minimum Gasteiger partial charge on any atom is -0.311 e. The Balaban J connectivity index is 2.19. The van der Waals surface area contributed by atoms with Crippen molar-refractivity contribution in [1.82, 2.24) is 10.3 Å². The molecule has 0 aliphatic carbocycles. The molecule has 0 saturated carbocycles. The molecule has 18 heavy (non-hydrogen) atoms. The highest BCUT2D eigenvalue weighted by molar-refractivity contribution is 6.30. The third-order valence-corrected chi connectivity index (χ3v) is 3.18. The number of likely N-dealkylation sites (N-methyl/N-ethyl adjacent to an activating group) is 1. The number of halogens is 1. The third-order valence-electron chi connectivity index (χ3n) is 2.94. The minimum absolute atomic E-state index is 0.211. The van der Waals surface area contributed by atoms with Crippen LogP contribution in [-0.2, 0) is 6.42 Å². The van der Waals surface area contributed by atoms with Gasteiger partial charge in [0.2, 0.25) is 0 Å². The second-order valence-electron chi connectivity index (χ2n) is 4.38. The van der Waals surface area contributed by atoms with Crippen LogP contribution in [0.3, 0.4) is 0 Å². The zero-order chi connectivity index (χ0) is 13.0. The van der Waals surface area contributed by atoms with Gasteiger partial charge >= 0.3 is 0 Å². The lowest BCUT2D eigenvalue weighted by atomic mass is 10.0. The Kier molecular flexibility index (Phi) is 4.34. The Morgan fingerprint density at radius 1 is 1.22 bits per heavy atom. The van der Waals surface area contributed by atoms with E-state index in [0.29, 0.717) is 0 Å². The number of rotatable bonds is 4. The Morgan fingerprint density at radius 3 is 2.67 bits per heavy atom. The molecule has 0 fully saturated rings. The molecule has 1 aromatic heterocycles. The molecule has 3 heteroatoms. The van der Waals surface area contributed by atoms with Gasteiger partial charge in [0.25, 0.3) is 0 Å². The number of aryl methyl sites for hydroxylation is 1. The first-order chi connectivity index (χ1) is 8.69. The molecule has 0 spiro atoms. The fourth-order valence-electron chi connectivity index (χ4n) is 2.01. The summed E-state index contributed by atoms with van der Waals surface area (Å²) in [5.41, 5.74) is 3.32. The number of benzene rings is 1. The van der Waals surface area contributed by atoms with E-state index in [2.05, 4.69) is 22.4 Å². The zero-order valence-electron chi connectivity index (χ0n) is 10.7. The van der Waals surface area contributed by atoms with Crippen molar-refractivity contribution in [2.24, 2.45) is 0 Å². The molecule has 0 saturated heterocycles. The lowest BCUT2D eigenvalue weighted by molar-refractivity contribution is 0.574. The highest BCUT2D eigenvalue weighted by Crippen LogP contribution is 2.19. The van der Waals surface area contributed by atoms with Crippen LogP contribution in [0.2, 0.25) is 5.02 Å². The molecule has 1 aromatic carbocycles. The van der Waals surface area contributed by atoms with Crippen molar-refractivity contribution in [2.45, 2.75) is 19.4 Å². The minimum atomic E-state index is 0.211. The second-order valence-corrected chi connectivity index (χ2v) is 4.82. The fourth-order valence-corrected chi connectivity index (χ4v) is 2.23. The molecule has 0 amide bonds. The zero-order valence-corrected chi connectivity index (χ0v) is 11.4. The molecule has 1 heterocycles.